The number of hydrogen-bond acceptors (Lipinski definition) is 8. The summed E-state index contributed by atoms with van der Waals surface area (Å²) < 4.78 is 14.0. The summed E-state index contributed by atoms with van der Waals surface area (Å²) >= 11 is 5.25. The van der Waals surface area contributed by atoms with Crippen molar-refractivity contribution in [3.63, 3.8) is 0 Å². The first kappa shape index (κ1) is 21.5. The van der Waals surface area contributed by atoms with Gasteiger partial charge < -0.3 is 14.8 Å². The molecule has 8 nitrogen and oxygen atoms in total. The van der Waals surface area contributed by atoms with E-state index in [-0.39, 0.29) is 0 Å². The highest BCUT2D eigenvalue weighted by Crippen LogP contribution is 2.37. The minimum atomic E-state index is 0.430. The summed E-state index contributed by atoms with van der Waals surface area (Å²) in [7, 11) is 3.49. The number of benzene rings is 1. The van der Waals surface area contributed by atoms with Gasteiger partial charge in [-0.1, -0.05) is 17.8 Å². The number of pyridine rings is 1. The molecule has 3 aromatic rings. The largest absolute Gasteiger partial charge is 0.493 e. The van der Waals surface area contributed by atoms with Gasteiger partial charge in [0, 0.05) is 37.3 Å². The first-order valence-corrected chi connectivity index (χ1v) is 10.9. The number of halogens is 1. The van der Waals surface area contributed by atoms with Crippen molar-refractivity contribution in [1.29, 1.82) is 0 Å². The van der Waals surface area contributed by atoms with E-state index in [4.69, 9.17) is 9.47 Å². The van der Waals surface area contributed by atoms with Gasteiger partial charge in [0.05, 0.1) is 11.6 Å². The Hall–Kier alpha value is -2.17. The third kappa shape index (κ3) is 6.41. The average molecular weight is 479 g/mol. The summed E-state index contributed by atoms with van der Waals surface area (Å²) in [6.07, 6.45) is 4.55. The van der Waals surface area contributed by atoms with Crippen LogP contribution in [0.1, 0.15) is 17.5 Å². The van der Waals surface area contributed by atoms with E-state index in [1.165, 1.54) is 0 Å². The van der Waals surface area contributed by atoms with Gasteiger partial charge in [0.15, 0.2) is 11.5 Å². The molecule has 0 saturated carbocycles. The molecule has 0 radical (unpaired) electrons. The zero-order valence-electron chi connectivity index (χ0n) is 16.3. The summed E-state index contributed by atoms with van der Waals surface area (Å²) in [6, 6.07) is 7.91. The lowest BCUT2D eigenvalue weighted by molar-refractivity contribution is 0.282. The quantitative estimate of drug-likeness (QED) is 0.332. The van der Waals surface area contributed by atoms with Crippen molar-refractivity contribution in [2.24, 2.45) is 7.05 Å². The van der Waals surface area contributed by atoms with E-state index in [9.17, 15) is 0 Å². The molecular formula is C19H23BrN6O2S. The number of aryl methyl sites for hydroxylation is 1. The Labute approximate surface area is 182 Å². The third-order valence-corrected chi connectivity index (χ3v) is 5.72. The fourth-order valence-corrected chi connectivity index (χ4v) is 3.98. The second-order valence-electron chi connectivity index (χ2n) is 6.22. The van der Waals surface area contributed by atoms with Crippen LogP contribution in [-0.4, -0.2) is 44.6 Å². The Morgan fingerprint density at radius 2 is 2.17 bits per heavy atom. The maximum atomic E-state index is 5.95. The molecule has 0 aliphatic carbocycles. The number of nitrogens with one attached hydrogen (secondary N) is 1. The Bertz CT molecular complexity index is 909. The molecule has 1 aromatic carbocycles. The van der Waals surface area contributed by atoms with Crippen molar-refractivity contribution < 1.29 is 9.47 Å². The highest BCUT2D eigenvalue weighted by atomic mass is 79.9. The molecule has 2 aromatic heterocycles. The molecule has 154 valence electrons. The van der Waals surface area contributed by atoms with E-state index in [2.05, 4.69) is 41.8 Å². The van der Waals surface area contributed by atoms with Crippen molar-refractivity contribution in [2.45, 2.75) is 24.7 Å². The van der Waals surface area contributed by atoms with Crippen LogP contribution in [0.25, 0.3) is 0 Å². The van der Waals surface area contributed by atoms with Crippen molar-refractivity contribution in [1.82, 2.24) is 30.5 Å². The van der Waals surface area contributed by atoms with Gasteiger partial charge >= 0.3 is 0 Å². The van der Waals surface area contributed by atoms with Gasteiger partial charge in [-0.05, 0) is 63.1 Å². The lowest BCUT2D eigenvalue weighted by Gasteiger charge is -2.15. The van der Waals surface area contributed by atoms with Crippen LogP contribution in [0.5, 0.6) is 11.5 Å². The second-order valence-corrected chi connectivity index (χ2v) is 8.14. The molecule has 1 N–H and O–H groups in total. The molecule has 0 spiro atoms. The van der Waals surface area contributed by atoms with Crippen LogP contribution in [0.3, 0.4) is 0 Å². The number of thioether (sulfide) groups is 1. The van der Waals surface area contributed by atoms with Gasteiger partial charge in [0.2, 0.25) is 5.16 Å². The molecule has 0 aliphatic rings. The Kier molecular flexibility index (Phi) is 8.26. The highest BCUT2D eigenvalue weighted by molar-refractivity contribution is 9.10. The zero-order chi connectivity index (χ0) is 20.5. The summed E-state index contributed by atoms with van der Waals surface area (Å²) in [6.45, 7) is 2.07. The van der Waals surface area contributed by atoms with Gasteiger partial charge in [-0.3, -0.25) is 4.98 Å². The van der Waals surface area contributed by atoms with E-state index in [0.29, 0.717) is 18.1 Å². The van der Waals surface area contributed by atoms with Gasteiger partial charge in [-0.25, -0.2) is 4.68 Å². The molecule has 0 unspecified atom stereocenters. The van der Waals surface area contributed by atoms with Crippen molar-refractivity contribution in [2.75, 3.05) is 19.4 Å². The molecule has 0 saturated heterocycles. The standard InChI is InChI=1S/C19H23BrN6O2S/c1-26-19(23-24-25-26)29-8-4-7-22-12-15-9-16(20)18(17(10-15)27-2)28-13-14-5-3-6-21-11-14/h3,5-6,9-11,22H,4,7-8,12-13H2,1-2H3. The van der Waals surface area contributed by atoms with Crippen LogP contribution in [0, 0.1) is 0 Å². The highest BCUT2D eigenvalue weighted by Gasteiger charge is 2.12. The first-order valence-electron chi connectivity index (χ1n) is 9.11. The molecule has 2 heterocycles. The monoisotopic (exact) mass is 478 g/mol. The molecule has 3 rings (SSSR count). The Morgan fingerprint density at radius 3 is 2.90 bits per heavy atom. The van der Waals surface area contributed by atoms with E-state index < -0.39 is 0 Å². The smallest absolute Gasteiger partial charge is 0.209 e. The summed E-state index contributed by atoms with van der Waals surface area (Å²) in [5.41, 5.74) is 2.12. The average Bonchev–Trinajstić information content (AvgIpc) is 3.14. The third-order valence-electron chi connectivity index (χ3n) is 4.03. The summed E-state index contributed by atoms with van der Waals surface area (Å²) in [4.78, 5) is 4.11. The molecule has 0 atom stereocenters. The number of ether oxygens (including phenoxy) is 2. The van der Waals surface area contributed by atoms with Crippen LogP contribution >= 0.6 is 27.7 Å². The minimum Gasteiger partial charge on any atom is -0.493 e. The van der Waals surface area contributed by atoms with Crippen LogP contribution in [0.4, 0.5) is 0 Å². The molecule has 0 fully saturated rings. The molecule has 0 bridgehead atoms. The SMILES string of the molecule is COc1cc(CNCCCSc2nnnn2C)cc(Br)c1OCc1cccnc1. The lowest BCUT2D eigenvalue weighted by atomic mass is 10.2. The van der Waals surface area contributed by atoms with Crippen molar-refractivity contribution in [3.8, 4) is 11.5 Å². The Morgan fingerprint density at radius 1 is 1.28 bits per heavy atom. The fraction of sp³-hybridized carbons (Fsp3) is 0.368. The topological polar surface area (TPSA) is 87.0 Å². The van der Waals surface area contributed by atoms with Crippen molar-refractivity contribution in [3.05, 3.63) is 52.3 Å². The van der Waals surface area contributed by atoms with Crippen LogP contribution in [0.2, 0.25) is 0 Å². The van der Waals surface area contributed by atoms with E-state index >= 15 is 0 Å². The van der Waals surface area contributed by atoms with Gasteiger partial charge in [0.1, 0.15) is 6.61 Å². The van der Waals surface area contributed by atoms with E-state index in [1.807, 2.05) is 31.3 Å². The summed E-state index contributed by atoms with van der Waals surface area (Å²) in [5, 5.41) is 15.7. The molecule has 0 amide bonds. The molecule has 0 aliphatic heterocycles. The predicted molar refractivity (Wildman–Crippen MR) is 115 cm³/mol. The van der Waals surface area contributed by atoms with E-state index in [1.54, 1.807) is 35.9 Å². The number of nitrogens with zero attached hydrogens (tertiary/aromatic N) is 5. The van der Waals surface area contributed by atoms with Gasteiger partial charge in [-0.15, -0.1) is 5.10 Å². The summed E-state index contributed by atoms with van der Waals surface area (Å²) in [5.74, 6) is 2.34. The maximum absolute atomic E-state index is 5.95. The lowest BCUT2D eigenvalue weighted by Crippen LogP contribution is -2.15. The van der Waals surface area contributed by atoms with Crippen LogP contribution in [-0.2, 0) is 20.2 Å². The zero-order valence-corrected chi connectivity index (χ0v) is 18.7. The van der Waals surface area contributed by atoms with Crippen molar-refractivity contribution >= 4 is 27.7 Å². The normalized spacial score (nSPS) is 10.9. The minimum absolute atomic E-state index is 0.430. The maximum Gasteiger partial charge on any atom is 0.209 e. The van der Waals surface area contributed by atoms with Crippen LogP contribution < -0.4 is 14.8 Å². The van der Waals surface area contributed by atoms with Gasteiger partial charge in [-0.2, -0.15) is 0 Å². The number of rotatable bonds is 11. The van der Waals surface area contributed by atoms with Gasteiger partial charge in [0.25, 0.3) is 0 Å². The number of methoxy groups -OCH3 is 1. The number of hydrogen-bond donors (Lipinski definition) is 1. The molecule has 10 heteroatoms. The predicted octanol–water partition coefficient (Wildman–Crippen LogP) is 3.23. The number of tetrazole rings is 1. The fourth-order valence-electron chi connectivity index (χ4n) is 2.59. The second kappa shape index (κ2) is 11.1. The Balaban J connectivity index is 1.47. The van der Waals surface area contributed by atoms with Crippen LogP contribution in [0.15, 0.2) is 46.3 Å². The molecule has 29 heavy (non-hydrogen) atoms. The first-order chi connectivity index (χ1) is 14.2. The number of aromatic nitrogens is 5. The molecular weight excluding hydrogens is 456 g/mol. The van der Waals surface area contributed by atoms with E-state index in [0.717, 1.165) is 46.0 Å².